The summed E-state index contributed by atoms with van der Waals surface area (Å²) in [6.45, 7) is 6.31. The molecule has 4 aromatic heterocycles. The number of aryl methyl sites for hydroxylation is 3. The molecule has 1 unspecified atom stereocenters. The molecule has 0 radical (unpaired) electrons. The highest BCUT2D eigenvalue weighted by Crippen LogP contribution is 2.31. The third-order valence-corrected chi connectivity index (χ3v) is 4.85. The fourth-order valence-corrected chi connectivity index (χ4v) is 3.41. The number of anilines is 1. The van der Waals surface area contributed by atoms with Crippen LogP contribution < -0.4 is 5.32 Å². The molecule has 1 atom stereocenters. The second-order valence-corrected chi connectivity index (χ2v) is 7.28. The molecule has 0 aliphatic carbocycles. The van der Waals surface area contributed by atoms with Crippen LogP contribution in [-0.4, -0.2) is 34.3 Å². The summed E-state index contributed by atoms with van der Waals surface area (Å²) in [6, 6.07) is 5.72. The summed E-state index contributed by atoms with van der Waals surface area (Å²) in [7, 11) is 3.90. The number of fused-ring (bicyclic) bond motifs is 1. The Morgan fingerprint density at radius 2 is 1.86 bits per heavy atom. The van der Waals surface area contributed by atoms with Crippen molar-refractivity contribution in [1.29, 1.82) is 0 Å². The molecule has 0 saturated heterocycles. The van der Waals surface area contributed by atoms with Gasteiger partial charge in [0.25, 0.3) is 0 Å². The molecule has 0 amide bonds. The van der Waals surface area contributed by atoms with Gasteiger partial charge in [-0.3, -0.25) is 9.67 Å². The van der Waals surface area contributed by atoms with E-state index in [0.717, 1.165) is 34.1 Å². The highest BCUT2D eigenvalue weighted by Gasteiger charge is 2.24. The zero-order chi connectivity index (χ0) is 19.8. The SMILES string of the molecule is Cc1nn(C)c2nc(-c3ccccn3)nc(NC(c3nccn3C)C(C)C)c12. The zero-order valence-electron chi connectivity index (χ0n) is 16.7. The molecule has 0 bridgehead atoms. The lowest BCUT2D eigenvalue weighted by Gasteiger charge is -2.23. The largest absolute Gasteiger partial charge is 0.359 e. The summed E-state index contributed by atoms with van der Waals surface area (Å²) in [4.78, 5) is 18.5. The first kappa shape index (κ1) is 18.1. The molecule has 0 spiro atoms. The number of nitrogens with zero attached hydrogens (tertiary/aromatic N) is 7. The van der Waals surface area contributed by atoms with E-state index in [2.05, 4.69) is 34.2 Å². The molecule has 0 saturated carbocycles. The number of imidazole rings is 1. The fourth-order valence-electron chi connectivity index (χ4n) is 3.41. The Hall–Kier alpha value is -3.29. The third-order valence-electron chi connectivity index (χ3n) is 4.85. The van der Waals surface area contributed by atoms with E-state index in [9.17, 15) is 0 Å². The van der Waals surface area contributed by atoms with Gasteiger partial charge in [-0.05, 0) is 25.0 Å². The highest BCUT2D eigenvalue weighted by molar-refractivity contribution is 5.90. The molecule has 8 heteroatoms. The lowest BCUT2D eigenvalue weighted by Crippen LogP contribution is -2.21. The van der Waals surface area contributed by atoms with E-state index in [4.69, 9.17) is 9.97 Å². The van der Waals surface area contributed by atoms with Crippen LogP contribution in [0, 0.1) is 12.8 Å². The van der Waals surface area contributed by atoms with E-state index in [-0.39, 0.29) is 6.04 Å². The van der Waals surface area contributed by atoms with Crippen molar-refractivity contribution in [1.82, 2.24) is 34.3 Å². The Balaban J connectivity index is 1.88. The van der Waals surface area contributed by atoms with Crippen LogP contribution in [0.5, 0.6) is 0 Å². The monoisotopic (exact) mass is 376 g/mol. The van der Waals surface area contributed by atoms with Crippen LogP contribution in [0.15, 0.2) is 36.8 Å². The van der Waals surface area contributed by atoms with Crippen LogP contribution in [0.25, 0.3) is 22.6 Å². The summed E-state index contributed by atoms with van der Waals surface area (Å²) in [6.07, 6.45) is 5.52. The van der Waals surface area contributed by atoms with Crippen molar-refractivity contribution in [2.24, 2.45) is 20.0 Å². The third kappa shape index (κ3) is 3.11. The molecule has 0 aliphatic heterocycles. The molecule has 1 N–H and O–H groups in total. The standard InChI is InChI=1S/C20H24N8/c1-12(2)16(20-22-10-11-27(20)4)23-18-15-13(3)26-28(5)19(15)25-17(24-18)14-8-6-7-9-21-14/h6-12,16H,1-5H3,(H,23,24,25). The van der Waals surface area contributed by atoms with Gasteiger partial charge in [-0.1, -0.05) is 19.9 Å². The number of aromatic nitrogens is 7. The second-order valence-electron chi connectivity index (χ2n) is 7.28. The Labute approximate surface area is 163 Å². The first-order valence-corrected chi connectivity index (χ1v) is 9.32. The molecular formula is C20H24N8. The molecule has 4 aromatic rings. The molecule has 28 heavy (non-hydrogen) atoms. The van der Waals surface area contributed by atoms with Gasteiger partial charge >= 0.3 is 0 Å². The summed E-state index contributed by atoms with van der Waals surface area (Å²) in [5.74, 6) is 2.59. The van der Waals surface area contributed by atoms with Gasteiger partial charge in [0.15, 0.2) is 11.5 Å². The van der Waals surface area contributed by atoms with Gasteiger partial charge in [-0.15, -0.1) is 0 Å². The minimum Gasteiger partial charge on any atom is -0.359 e. The minimum atomic E-state index is -0.00529. The summed E-state index contributed by atoms with van der Waals surface area (Å²) < 4.78 is 3.82. The van der Waals surface area contributed by atoms with Crippen LogP contribution in [0.3, 0.4) is 0 Å². The van der Waals surface area contributed by atoms with Crippen molar-refractivity contribution in [3.8, 4) is 11.5 Å². The number of nitrogens with one attached hydrogen (secondary N) is 1. The number of pyridine rings is 1. The van der Waals surface area contributed by atoms with E-state index in [1.54, 1.807) is 10.9 Å². The van der Waals surface area contributed by atoms with Crippen LogP contribution >= 0.6 is 0 Å². The Bertz CT molecular complexity index is 1110. The van der Waals surface area contributed by atoms with Crippen LogP contribution in [0.2, 0.25) is 0 Å². The van der Waals surface area contributed by atoms with Crippen molar-refractivity contribution in [3.63, 3.8) is 0 Å². The second kappa shape index (κ2) is 7.03. The van der Waals surface area contributed by atoms with E-state index in [0.29, 0.717) is 11.7 Å². The summed E-state index contributed by atoms with van der Waals surface area (Å²) in [5, 5.41) is 9.08. The van der Waals surface area contributed by atoms with Crippen molar-refractivity contribution in [2.75, 3.05) is 5.32 Å². The normalized spacial score (nSPS) is 12.6. The van der Waals surface area contributed by atoms with Gasteiger partial charge in [0.2, 0.25) is 0 Å². The number of hydrogen-bond acceptors (Lipinski definition) is 6. The van der Waals surface area contributed by atoms with Crippen LogP contribution in [-0.2, 0) is 14.1 Å². The molecule has 4 rings (SSSR count). The molecule has 0 aromatic carbocycles. The molecular weight excluding hydrogens is 352 g/mol. The smallest absolute Gasteiger partial charge is 0.182 e. The van der Waals surface area contributed by atoms with Gasteiger partial charge in [0.05, 0.1) is 17.1 Å². The predicted octanol–water partition coefficient (Wildman–Crippen LogP) is 3.28. The lowest BCUT2D eigenvalue weighted by molar-refractivity contribution is 0.507. The number of hydrogen-bond donors (Lipinski definition) is 1. The van der Waals surface area contributed by atoms with Crippen molar-refractivity contribution in [3.05, 3.63) is 48.3 Å². The van der Waals surface area contributed by atoms with Gasteiger partial charge in [-0.2, -0.15) is 5.10 Å². The minimum absolute atomic E-state index is 0.00529. The maximum atomic E-state index is 4.83. The average molecular weight is 376 g/mol. The first-order chi connectivity index (χ1) is 13.5. The van der Waals surface area contributed by atoms with Crippen molar-refractivity contribution >= 4 is 16.9 Å². The topological polar surface area (TPSA) is 86.3 Å². The van der Waals surface area contributed by atoms with E-state index in [1.807, 2.05) is 56.2 Å². The number of rotatable bonds is 5. The predicted molar refractivity (Wildman–Crippen MR) is 109 cm³/mol. The van der Waals surface area contributed by atoms with Gasteiger partial charge in [-0.25, -0.2) is 15.0 Å². The lowest BCUT2D eigenvalue weighted by atomic mass is 10.0. The van der Waals surface area contributed by atoms with Crippen LogP contribution in [0.4, 0.5) is 5.82 Å². The van der Waals surface area contributed by atoms with Crippen molar-refractivity contribution in [2.45, 2.75) is 26.8 Å². The van der Waals surface area contributed by atoms with Gasteiger partial charge in [0.1, 0.15) is 17.3 Å². The van der Waals surface area contributed by atoms with E-state index in [1.165, 1.54) is 0 Å². The Morgan fingerprint density at radius 3 is 2.50 bits per heavy atom. The van der Waals surface area contributed by atoms with E-state index < -0.39 is 0 Å². The highest BCUT2D eigenvalue weighted by atomic mass is 15.3. The quantitative estimate of drug-likeness (QED) is 0.575. The average Bonchev–Trinajstić information content (AvgIpc) is 3.23. The van der Waals surface area contributed by atoms with Gasteiger partial charge in [0, 0.05) is 32.7 Å². The molecule has 144 valence electrons. The van der Waals surface area contributed by atoms with E-state index >= 15 is 0 Å². The Kier molecular flexibility index (Phi) is 4.54. The first-order valence-electron chi connectivity index (χ1n) is 9.32. The maximum Gasteiger partial charge on any atom is 0.182 e. The Morgan fingerprint density at radius 1 is 1.04 bits per heavy atom. The summed E-state index contributed by atoms with van der Waals surface area (Å²) in [5.41, 5.74) is 2.39. The molecule has 4 heterocycles. The molecule has 0 fully saturated rings. The zero-order valence-corrected chi connectivity index (χ0v) is 16.7. The fraction of sp³-hybridized carbons (Fsp3) is 0.350. The molecule has 0 aliphatic rings. The molecule has 8 nitrogen and oxygen atoms in total. The maximum absolute atomic E-state index is 4.83. The van der Waals surface area contributed by atoms with Gasteiger partial charge < -0.3 is 9.88 Å². The van der Waals surface area contributed by atoms with Crippen LogP contribution in [0.1, 0.15) is 31.4 Å². The van der Waals surface area contributed by atoms with Crippen molar-refractivity contribution < 1.29 is 0 Å². The summed E-state index contributed by atoms with van der Waals surface area (Å²) >= 11 is 0.